The molecule has 0 aromatic carbocycles. The number of rotatable bonds is 3. The molecule has 2 aliphatic rings. The van der Waals surface area contributed by atoms with Crippen LogP contribution in [0.2, 0.25) is 0 Å². The highest BCUT2D eigenvalue weighted by atomic mass is 16.6. The number of carbonyl (C=O) groups is 1. The van der Waals surface area contributed by atoms with Gasteiger partial charge in [-0.15, -0.1) is 10.2 Å². The first-order chi connectivity index (χ1) is 12.7. The highest BCUT2D eigenvalue weighted by molar-refractivity contribution is 5.74. The number of hydrogen-bond acceptors (Lipinski definition) is 5. The summed E-state index contributed by atoms with van der Waals surface area (Å²) in [5.74, 6) is 1.60. The number of amides is 1. The third kappa shape index (κ3) is 2.35. The molecule has 3 atom stereocenters. The molecule has 8 heteroatoms. The van der Waals surface area contributed by atoms with Crippen molar-refractivity contribution < 1.29 is 9.53 Å². The van der Waals surface area contributed by atoms with E-state index in [9.17, 15) is 4.79 Å². The van der Waals surface area contributed by atoms with Gasteiger partial charge in [0.15, 0.2) is 11.3 Å². The fourth-order valence-corrected chi connectivity index (χ4v) is 4.29. The third-order valence-electron chi connectivity index (χ3n) is 5.86. The van der Waals surface area contributed by atoms with Crippen molar-refractivity contribution in [3.63, 3.8) is 0 Å². The molecular weight excluding hydrogens is 332 g/mol. The van der Waals surface area contributed by atoms with E-state index in [2.05, 4.69) is 31.5 Å². The first-order valence-electron chi connectivity index (χ1n) is 9.37. The Hall–Kier alpha value is -2.64. The second-order valence-corrected chi connectivity index (χ2v) is 7.31. The van der Waals surface area contributed by atoms with Crippen molar-refractivity contribution in [1.29, 1.82) is 0 Å². The Labute approximate surface area is 150 Å². The number of carbonyl (C=O) groups excluding carboxylic acids is 1. The van der Waals surface area contributed by atoms with E-state index in [1.165, 1.54) is 0 Å². The molecule has 2 fully saturated rings. The van der Waals surface area contributed by atoms with Crippen molar-refractivity contribution >= 4 is 22.9 Å². The van der Waals surface area contributed by atoms with Gasteiger partial charge in [0.2, 0.25) is 0 Å². The zero-order chi connectivity index (χ0) is 17.7. The minimum absolute atomic E-state index is 0.0473. The van der Waals surface area contributed by atoms with Crippen LogP contribution in [0.4, 0.5) is 4.79 Å². The Kier molecular flexibility index (Phi) is 3.58. The Balaban J connectivity index is 1.46. The van der Waals surface area contributed by atoms with Crippen LogP contribution in [0.15, 0.2) is 18.5 Å². The van der Waals surface area contributed by atoms with Crippen molar-refractivity contribution in [2.24, 2.45) is 5.92 Å². The summed E-state index contributed by atoms with van der Waals surface area (Å²) < 4.78 is 7.86. The summed E-state index contributed by atoms with van der Waals surface area (Å²) in [5.41, 5.74) is 2.56. The second kappa shape index (κ2) is 5.96. The van der Waals surface area contributed by atoms with E-state index in [0.29, 0.717) is 5.92 Å². The summed E-state index contributed by atoms with van der Waals surface area (Å²) in [6.07, 6.45) is 7.20. The average Bonchev–Trinajstić information content (AvgIpc) is 3.29. The Bertz CT molecular complexity index is 959. The van der Waals surface area contributed by atoms with Crippen LogP contribution in [0.25, 0.3) is 16.8 Å². The van der Waals surface area contributed by atoms with Crippen molar-refractivity contribution in [2.45, 2.75) is 44.6 Å². The molecule has 4 heterocycles. The molecule has 8 nitrogen and oxygen atoms in total. The van der Waals surface area contributed by atoms with Crippen LogP contribution >= 0.6 is 0 Å². The molecule has 5 rings (SSSR count). The number of aromatic amines is 1. The maximum atomic E-state index is 12.2. The van der Waals surface area contributed by atoms with Crippen LogP contribution < -0.4 is 0 Å². The van der Waals surface area contributed by atoms with E-state index in [0.717, 1.165) is 61.4 Å². The molecule has 3 aromatic rings. The van der Waals surface area contributed by atoms with Gasteiger partial charge in [0.05, 0.1) is 11.7 Å². The van der Waals surface area contributed by atoms with Crippen LogP contribution in [0, 0.1) is 5.92 Å². The van der Waals surface area contributed by atoms with Crippen molar-refractivity contribution in [3.8, 4) is 0 Å². The second-order valence-electron chi connectivity index (χ2n) is 7.31. The lowest BCUT2D eigenvalue weighted by molar-refractivity contribution is 0.0472. The van der Waals surface area contributed by atoms with Gasteiger partial charge in [0.1, 0.15) is 11.9 Å². The summed E-state index contributed by atoms with van der Waals surface area (Å²) in [5, 5.41) is 8.81. The summed E-state index contributed by atoms with van der Waals surface area (Å²) in [4.78, 5) is 21.5. The summed E-state index contributed by atoms with van der Waals surface area (Å²) in [7, 11) is 0. The Morgan fingerprint density at radius 1 is 1.35 bits per heavy atom. The zero-order valence-corrected chi connectivity index (χ0v) is 14.8. The molecule has 1 saturated heterocycles. The molecule has 1 amide bonds. The Morgan fingerprint density at radius 3 is 3.00 bits per heavy atom. The predicted octanol–water partition coefficient (Wildman–Crippen LogP) is 2.72. The van der Waals surface area contributed by atoms with E-state index in [4.69, 9.17) is 4.74 Å². The number of H-pyrrole nitrogens is 1. The summed E-state index contributed by atoms with van der Waals surface area (Å²) >= 11 is 0. The normalized spacial score (nSPS) is 25.7. The molecular formula is C18H22N6O2. The molecule has 3 aromatic heterocycles. The van der Waals surface area contributed by atoms with Crippen molar-refractivity contribution in [1.82, 2.24) is 29.5 Å². The van der Waals surface area contributed by atoms with Gasteiger partial charge < -0.3 is 14.6 Å². The fraction of sp³-hybridized carbons (Fsp3) is 0.556. The number of nitrogens with zero attached hydrogens (tertiary/aromatic N) is 5. The van der Waals surface area contributed by atoms with Crippen LogP contribution in [0.1, 0.15) is 44.3 Å². The van der Waals surface area contributed by atoms with Crippen LogP contribution in [0.5, 0.6) is 0 Å². The molecule has 1 aliphatic carbocycles. The van der Waals surface area contributed by atoms with Gasteiger partial charge in [-0.3, -0.25) is 4.40 Å². The topological polar surface area (TPSA) is 88.4 Å². The molecule has 26 heavy (non-hydrogen) atoms. The van der Waals surface area contributed by atoms with Gasteiger partial charge in [-0.25, -0.2) is 9.78 Å². The van der Waals surface area contributed by atoms with Crippen LogP contribution in [0.3, 0.4) is 0 Å². The van der Waals surface area contributed by atoms with Gasteiger partial charge in [0, 0.05) is 25.2 Å². The SMILES string of the molecule is CCC1CC(OC(=O)N2CCC2)CC1c1nnc2cnc3[nH]ccc3n12. The lowest BCUT2D eigenvalue weighted by Crippen LogP contribution is -2.43. The highest BCUT2D eigenvalue weighted by Gasteiger charge is 2.40. The van der Waals surface area contributed by atoms with E-state index in [1.807, 2.05) is 12.3 Å². The van der Waals surface area contributed by atoms with Gasteiger partial charge in [0.25, 0.3) is 0 Å². The van der Waals surface area contributed by atoms with Crippen LogP contribution in [-0.2, 0) is 4.74 Å². The van der Waals surface area contributed by atoms with E-state index < -0.39 is 0 Å². The van der Waals surface area contributed by atoms with Gasteiger partial charge in [-0.2, -0.15) is 0 Å². The maximum absolute atomic E-state index is 12.2. The van der Waals surface area contributed by atoms with Crippen molar-refractivity contribution in [3.05, 3.63) is 24.3 Å². The van der Waals surface area contributed by atoms with E-state index in [-0.39, 0.29) is 18.1 Å². The minimum atomic E-state index is -0.167. The lowest BCUT2D eigenvalue weighted by Gasteiger charge is -2.31. The maximum Gasteiger partial charge on any atom is 0.410 e. The summed E-state index contributed by atoms with van der Waals surface area (Å²) in [6.45, 7) is 3.83. The van der Waals surface area contributed by atoms with E-state index in [1.54, 1.807) is 11.1 Å². The number of likely N-dealkylation sites (tertiary alicyclic amines) is 1. The molecule has 1 aliphatic heterocycles. The zero-order valence-electron chi connectivity index (χ0n) is 14.8. The molecule has 1 N–H and O–H groups in total. The van der Waals surface area contributed by atoms with Crippen LogP contribution in [-0.4, -0.2) is 54.8 Å². The first kappa shape index (κ1) is 15.6. The fourth-order valence-electron chi connectivity index (χ4n) is 4.29. The number of nitrogens with one attached hydrogen (secondary N) is 1. The molecule has 136 valence electrons. The number of fused-ring (bicyclic) bond motifs is 3. The van der Waals surface area contributed by atoms with Gasteiger partial charge >= 0.3 is 6.09 Å². The molecule has 1 saturated carbocycles. The molecule has 0 bridgehead atoms. The quantitative estimate of drug-likeness (QED) is 0.781. The monoisotopic (exact) mass is 354 g/mol. The molecule has 0 spiro atoms. The van der Waals surface area contributed by atoms with Gasteiger partial charge in [-0.05, 0) is 31.2 Å². The average molecular weight is 354 g/mol. The highest BCUT2D eigenvalue weighted by Crippen LogP contribution is 2.42. The number of hydrogen-bond donors (Lipinski definition) is 1. The number of ether oxygens (including phenoxy) is 1. The smallest absolute Gasteiger partial charge is 0.410 e. The largest absolute Gasteiger partial charge is 0.446 e. The minimum Gasteiger partial charge on any atom is -0.446 e. The lowest BCUT2D eigenvalue weighted by atomic mass is 9.93. The molecule has 0 radical (unpaired) electrons. The standard InChI is InChI=1S/C18H22N6O2/c1-2-11-8-12(26-18(25)23-6-3-7-23)9-13(11)17-22-21-15-10-20-16-14(24(15)17)4-5-19-16/h4-5,10-13,19H,2-3,6-9H2,1H3. The summed E-state index contributed by atoms with van der Waals surface area (Å²) in [6, 6.07) is 2.00. The predicted molar refractivity (Wildman–Crippen MR) is 94.9 cm³/mol. The van der Waals surface area contributed by atoms with Gasteiger partial charge in [-0.1, -0.05) is 13.3 Å². The van der Waals surface area contributed by atoms with Crippen molar-refractivity contribution in [2.75, 3.05) is 13.1 Å². The van der Waals surface area contributed by atoms with E-state index >= 15 is 0 Å². The molecule has 3 unspecified atom stereocenters. The Morgan fingerprint density at radius 2 is 2.23 bits per heavy atom. The third-order valence-corrected chi connectivity index (χ3v) is 5.86. The first-order valence-corrected chi connectivity index (χ1v) is 9.37. The number of aromatic nitrogens is 5.